The van der Waals surface area contributed by atoms with Crippen LogP contribution in [-0.4, -0.2) is 32.9 Å². The minimum atomic E-state index is -1.13. The van der Waals surface area contributed by atoms with Crippen molar-refractivity contribution in [1.29, 1.82) is 0 Å². The molecule has 10 nitrogen and oxygen atoms in total. The third-order valence-electron chi connectivity index (χ3n) is 5.84. The molecule has 3 N–H and O–H groups in total. The Morgan fingerprint density at radius 1 is 0.420 bits per heavy atom. The summed E-state index contributed by atoms with van der Waals surface area (Å²) in [5, 5.41) is 30.6. The van der Waals surface area contributed by atoms with Crippen LogP contribution >= 0.6 is 67.8 Å². The Kier molecular flexibility index (Phi) is 21.7. The monoisotopic (exact) mass is 1170 g/mol. The summed E-state index contributed by atoms with van der Waals surface area (Å²) in [6, 6.07) is 37.0. The second kappa shape index (κ2) is 24.2. The van der Waals surface area contributed by atoms with E-state index in [0.29, 0.717) is 0 Å². The summed E-state index contributed by atoms with van der Waals surface area (Å²) in [7, 11) is 0. The summed E-state index contributed by atoms with van der Waals surface area (Å²) in [5.74, 6) is -3.39. The SMILES string of the molecule is O=C([O-])c1ccc(I)cc1.O=C([O-])c1ccc(I)cc1.O=C([O-])c1ccc(I)cc1.[Lu+3].[OH3+].c1ccc(-c2cccc(-c3ccccn3)n2)nc1. The number of hydrogen-bond donors (Lipinski definition) is 0. The zero-order valence-corrected chi connectivity index (χ0v) is 33.7. The molecule has 0 bridgehead atoms. The fourth-order valence-electron chi connectivity index (χ4n) is 3.51. The van der Waals surface area contributed by atoms with Crippen LogP contribution in [-0.2, 0) is 5.48 Å². The number of benzene rings is 3. The fourth-order valence-corrected chi connectivity index (χ4v) is 4.59. The molecule has 0 atom stereocenters. The molecule has 0 fully saturated rings. The number of hydrogen-bond acceptors (Lipinski definition) is 9. The van der Waals surface area contributed by atoms with Gasteiger partial charge in [0.05, 0.1) is 40.7 Å². The van der Waals surface area contributed by atoms with Gasteiger partial charge in [0, 0.05) is 23.1 Å². The van der Waals surface area contributed by atoms with Gasteiger partial charge in [-0.3, -0.25) is 9.97 Å². The number of nitrogens with zero attached hydrogens (tertiary/aromatic N) is 3. The second-order valence-corrected chi connectivity index (χ2v) is 13.0. The van der Waals surface area contributed by atoms with Crippen LogP contribution in [0.5, 0.6) is 0 Å². The summed E-state index contributed by atoms with van der Waals surface area (Å²) in [5.41, 5.74) is 4.13. The van der Waals surface area contributed by atoms with E-state index in [1.54, 1.807) is 48.8 Å². The minimum Gasteiger partial charge on any atom is -0.545 e. The first-order valence-corrected chi connectivity index (χ1v) is 17.0. The summed E-state index contributed by atoms with van der Waals surface area (Å²) < 4.78 is 3.05. The summed E-state index contributed by atoms with van der Waals surface area (Å²) in [6.07, 6.45) is 3.54. The maximum Gasteiger partial charge on any atom is 3.00 e. The second-order valence-electron chi connectivity index (χ2n) is 9.22. The van der Waals surface area contributed by atoms with Gasteiger partial charge in [-0.05, 0) is 157 Å². The van der Waals surface area contributed by atoms with Gasteiger partial charge in [-0.15, -0.1) is 0 Å². The van der Waals surface area contributed by atoms with Crippen molar-refractivity contribution in [3.8, 4) is 22.8 Å². The molecule has 3 heterocycles. The molecule has 0 unspecified atom stereocenters. The fraction of sp³-hybridized carbons (Fsp3) is 0. The van der Waals surface area contributed by atoms with E-state index < -0.39 is 17.9 Å². The van der Waals surface area contributed by atoms with Gasteiger partial charge in [-0.25, -0.2) is 4.98 Å². The number of halogens is 3. The molecule has 0 amide bonds. The van der Waals surface area contributed by atoms with E-state index in [1.807, 2.05) is 54.6 Å². The van der Waals surface area contributed by atoms with Crippen molar-refractivity contribution < 1.29 is 72.1 Å². The molecule has 0 aliphatic rings. The van der Waals surface area contributed by atoms with Gasteiger partial charge in [0.15, 0.2) is 0 Å². The molecule has 0 saturated carbocycles. The molecule has 3 aromatic carbocycles. The third kappa shape index (κ3) is 16.3. The standard InChI is InChI=1S/C15H11N3.3C7H5IO2.Lu.H2O/c1-3-10-16-12(6-1)14-8-5-9-15(18-14)13-7-2-4-11-17-13;3*8-6-3-1-5(2-4-6)7(9)10;;/h1-11H;3*1-4H,(H,9,10);;1H2/q;;;;+3;/p-2. The third-order valence-corrected chi connectivity index (χ3v) is 8.00. The van der Waals surface area contributed by atoms with Crippen molar-refractivity contribution in [3.63, 3.8) is 0 Å². The molecule has 3 aromatic heterocycles. The largest absolute Gasteiger partial charge is 3.00 e. The Hall–Kier alpha value is -3.10. The molecule has 0 aliphatic carbocycles. The molecule has 0 spiro atoms. The van der Waals surface area contributed by atoms with Gasteiger partial charge < -0.3 is 35.2 Å². The number of carboxylic acid groups (broad SMARTS) is 3. The van der Waals surface area contributed by atoms with E-state index >= 15 is 0 Å². The van der Waals surface area contributed by atoms with Gasteiger partial charge in [0.1, 0.15) is 0 Å². The van der Waals surface area contributed by atoms with Crippen LogP contribution in [0.2, 0.25) is 0 Å². The molecule has 6 aromatic rings. The Morgan fingerprint density at radius 2 is 0.700 bits per heavy atom. The summed E-state index contributed by atoms with van der Waals surface area (Å²) >= 11 is 6.32. The van der Waals surface area contributed by atoms with Crippen LogP contribution in [0.3, 0.4) is 0 Å². The predicted octanol–water partition coefficient (Wildman–Crippen LogP) is 4.25. The number of carbonyl (C=O) groups is 3. The first-order chi connectivity index (χ1) is 23.0. The molecule has 0 saturated heterocycles. The van der Waals surface area contributed by atoms with Crippen molar-refractivity contribution in [2.75, 3.05) is 0 Å². The zero-order valence-electron chi connectivity index (χ0n) is 25.5. The Labute approximate surface area is 358 Å². The number of aromatic nitrogens is 3. The van der Waals surface area contributed by atoms with E-state index in [2.05, 4.69) is 82.7 Å². The first-order valence-electron chi connectivity index (χ1n) is 13.7. The molecule has 6 rings (SSSR count). The first kappa shape index (κ1) is 44.9. The molecule has 0 aliphatic heterocycles. The smallest absolute Gasteiger partial charge is 0.545 e. The van der Waals surface area contributed by atoms with Crippen molar-refractivity contribution in [3.05, 3.63) is 167 Å². The number of carbonyl (C=O) groups excluding carboxylic acids is 3. The number of pyridine rings is 3. The maximum atomic E-state index is 10.2. The normalized spacial score (nSPS) is 9.26. The number of carboxylic acids is 3. The van der Waals surface area contributed by atoms with Gasteiger partial charge >= 0.3 is 36.9 Å². The van der Waals surface area contributed by atoms with Crippen LogP contribution in [0.1, 0.15) is 31.1 Å². The van der Waals surface area contributed by atoms with E-state index in [-0.39, 0.29) is 59.0 Å². The Balaban J connectivity index is 0.000000344. The van der Waals surface area contributed by atoms with Gasteiger partial charge in [0.25, 0.3) is 0 Å². The Morgan fingerprint density at radius 3 is 0.940 bits per heavy atom. The minimum absolute atomic E-state index is 0. The van der Waals surface area contributed by atoms with Crippen LogP contribution in [0.4, 0.5) is 0 Å². The maximum absolute atomic E-state index is 10.2. The molecule has 0 radical (unpaired) electrons. The van der Waals surface area contributed by atoms with Crippen molar-refractivity contribution in [2.24, 2.45) is 0 Å². The molecule has 14 heteroatoms. The summed E-state index contributed by atoms with van der Waals surface area (Å²) in [6.45, 7) is 0. The molecular formula is C36H26I3LuN3O7+. The quantitative estimate of drug-likeness (QED) is 0.180. The van der Waals surface area contributed by atoms with E-state index in [0.717, 1.165) is 33.5 Å². The average molecular weight is 1170 g/mol. The van der Waals surface area contributed by atoms with Gasteiger partial charge in [0.2, 0.25) is 0 Å². The van der Waals surface area contributed by atoms with Crippen LogP contribution < -0.4 is 15.3 Å². The van der Waals surface area contributed by atoms with Crippen molar-refractivity contribution >= 4 is 85.7 Å². The Bertz CT molecular complexity index is 1730. The van der Waals surface area contributed by atoms with Crippen molar-refractivity contribution in [1.82, 2.24) is 15.0 Å². The van der Waals surface area contributed by atoms with Crippen LogP contribution in [0.15, 0.2) is 140 Å². The zero-order chi connectivity index (χ0) is 34.9. The van der Waals surface area contributed by atoms with Gasteiger partial charge in [-0.1, -0.05) is 54.6 Å². The molecule has 262 valence electrons. The van der Waals surface area contributed by atoms with Crippen molar-refractivity contribution in [2.45, 2.75) is 0 Å². The summed E-state index contributed by atoms with van der Waals surface area (Å²) in [4.78, 5) is 43.8. The van der Waals surface area contributed by atoms with E-state index in [9.17, 15) is 29.7 Å². The average Bonchev–Trinajstić information content (AvgIpc) is 3.10. The van der Waals surface area contributed by atoms with E-state index in [4.69, 9.17) is 0 Å². The molecular weight excluding hydrogens is 1140 g/mol. The van der Waals surface area contributed by atoms with Crippen LogP contribution in [0, 0.1) is 47.6 Å². The van der Waals surface area contributed by atoms with Crippen LogP contribution in [0.25, 0.3) is 22.8 Å². The number of rotatable bonds is 5. The van der Waals surface area contributed by atoms with Gasteiger partial charge in [-0.2, -0.15) is 0 Å². The topological polar surface area (TPSA) is 192 Å². The van der Waals surface area contributed by atoms with E-state index in [1.165, 1.54) is 36.4 Å². The molecule has 50 heavy (non-hydrogen) atoms. The number of aromatic carboxylic acids is 3. The predicted molar refractivity (Wildman–Crippen MR) is 206 cm³/mol.